The number of aryl methyl sites for hydroxylation is 1. The third-order valence-electron chi connectivity index (χ3n) is 6.79. The average Bonchev–Trinajstić information content (AvgIpc) is 3.19. The summed E-state index contributed by atoms with van der Waals surface area (Å²) in [4.78, 5) is 64.6. The number of aromatic nitrogens is 2. The highest BCUT2D eigenvalue weighted by Gasteiger charge is 2.37. The van der Waals surface area contributed by atoms with Crippen LogP contribution >= 0.6 is 22.9 Å². The van der Waals surface area contributed by atoms with Crippen molar-refractivity contribution in [1.82, 2.24) is 30.4 Å². The fraction of sp³-hybridized carbons (Fsp3) is 0.520. The molecule has 13 heteroatoms. The number of anilines is 1. The van der Waals surface area contributed by atoms with Crippen LogP contribution in [0.25, 0.3) is 0 Å². The molecule has 4 amide bonds. The Kier molecular flexibility index (Phi) is 8.95. The maximum atomic E-state index is 13.3. The summed E-state index contributed by atoms with van der Waals surface area (Å²) in [5.74, 6) is -2.24. The van der Waals surface area contributed by atoms with E-state index in [0.29, 0.717) is 29.3 Å². The Morgan fingerprint density at radius 3 is 2.61 bits per heavy atom. The zero-order valence-electron chi connectivity index (χ0n) is 21.6. The van der Waals surface area contributed by atoms with Gasteiger partial charge in [-0.15, -0.1) is 11.3 Å². The number of halogens is 1. The van der Waals surface area contributed by atoms with Crippen molar-refractivity contribution in [3.63, 3.8) is 0 Å². The Labute approximate surface area is 230 Å². The number of thiazole rings is 1. The molecule has 1 aliphatic heterocycles. The average molecular weight is 562 g/mol. The fourth-order valence-electron chi connectivity index (χ4n) is 4.82. The first kappa shape index (κ1) is 27.9. The van der Waals surface area contributed by atoms with E-state index in [1.165, 1.54) is 28.5 Å². The van der Waals surface area contributed by atoms with Crippen LogP contribution in [0.15, 0.2) is 18.3 Å². The van der Waals surface area contributed by atoms with E-state index < -0.39 is 23.9 Å². The van der Waals surface area contributed by atoms with Gasteiger partial charge in [-0.05, 0) is 57.8 Å². The third kappa shape index (κ3) is 6.86. The Bertz CT molecular complexity index is 1200. The summed E-state index contributed by atoms with van der Waals surface area (Å²) in [7, 11) is 5.43. The van der Waals surface area contributed by atoms with E-state index in [1.807, 2.05) is 7.05 Å². The lowest BCUT2D eigenvalue weighted by atomic mass is 9.81. The van der Waals surface area contributed by atoms with E-state index in [4.69, 9.17) is 11.6 Å². The van der Waals surface area contributed by atoms with Gasteiger partial charge in [0, 0.05) is 43.7 Å². The molecule has 2 aliphatic rings. The maximum absolute atomic E-state index is 13.3. The Morgan fingerprint density at radius 2 is 1.89 bits per heavy atom. The maximum Gasteiger partial charge on any atom is 0.314 e. The van der Waals surface area contributed by atoms with E-state index in [9.17, 15) is 19.2 Å². The molecule has 0 spiro atoms. The molecule has 1 saturated carbocycles. The van der Waals surface area contributed by atoms with Gasteiger partial charge in [-0.3, -0.25) is 19.2 Å². The fourth-order valence-corrected chi connectivity index (χ4v) is 6.02. The summed E-state index contributed by atoms with van der Waals surface area (Å²) < 4.78 is 0. The van der Waals surface area contributed by atoms with Crippen molar-refractivity contribution in [2.75, 3.05) is 33.0 Å². The molecule has 0 unspecified atom stereocenters. The Balaban J connectivity index is 1.46. The molecule has 38 heavy (non-hydrogen) atoms. The standard InChI is InChI=1S/C25H32ClN7O4S/c1-32(2)25(37)14-6-8-16(28-21(34)22(35)31-20-9-7-15(26)12-27-20)18(11-14)29-23(36)24-30-17-5-4-10-33(3)13-19(17)38-24/h7,9,12,14,16,18H,4-6,8,10-11,13H2,1-3H3,(H,28,34)(H,29,36)(H,27,31,35)/t14-,16+,18+/m0/s1. The minimum Gasteiger partial charge on any atom is -0.349 e. The van der Waals surface area contributed by atoms with Gasteiger partial charge in [-0.2, -0.15) is 0 Å². The van der Waals surface area contributed by atoms with Gasteiger partial charge in [0.2, 0.25) is 5.91 Å². The van der Waals surface area contributed by atoms with Crippen molar-refractivity contribution < 1.29 is 19.2 Å². The van der Waals surface area contributed by atoms with E-state index >= 15 is 0 Å². The smallest absolute Gasteiger partial charge is 0.314 e. The molecule has 1 fully saturated rings. The van der Waals surface area contributed by atoms with Crippen molar-refractivity contribution in [2.45, 2.75) is 50.7 Å². The number of carbonyl (C=O) groups is 4. The molecule has 1 aliphatic carbocycles. The number of amides is 4. The first-order chi connectivity index (χ1) is 18.1. The molecule has 0 saturated heterocycles. The number of rotatable bonds is 5. The van der Waals surface area contributed by atoms with Crippen LogP contribution < -0.4 is 16.0 Å². The summed E-state index contributed by atoms with van der Waals surface area (Å²) in [5.41, 5.74) is 0.950. The van der Waals surface area contributed by atoms with Gasteiger partial charge in [0.05, 0.1) is 16.8 Å². The van der Waals surface area contributed by atoms with Gasteiger partial charge in [0.25, 0.3) is 5.91 Å². The van der Waals surface area contributed by atoms with E-state index in [0.717, 1.165) is 36.5 Å². The molecule has 0 radical (unpaired) electrons. The van der Waals surface area contributed by atoms with Crippen LogP contribution in [0.4, 0.5) is 5.82 Å². The molecular weight excluding hydrogens is 530 g/mol. The van der Waals surface area contributed by atoms with Crippen LogP contribution in [0.2, 0.25) is 5.02 Å². The lowest BCUT2D eigenvalue weighted by molar-refractivity contribution is -0.137. The van der Waals surface area contributed by atoms with Crippen LogP contribution in [-0.2, 0) is 27.3 Å². The summed E-state index contributed by atoms with van der Waals surface area (Å²) in [6, 6.07) is 1.95. The first-order valence-electron chi connectivity index (χ1n) is 12.5. The number of nitrogens with one attached hydrogen (secondary N) is 3. The molecule has 3 N–H and O–H groups in total. The molecule has 0 bridgehead atoms. The summed E-state index contributed by atoms with van der Waals surface area (Å²) in [6.07, 6.45) is 4.44. The number of pyridine rings is 1. The monoisotopic (exact) mass is 561 g/mol. The van der Waals surface area contributed by atoms with Gasteiger partial charge in [0.15, 0.2) is 5.01 Å². The zero-order chi connectivity index (χ0) is 27.4. The normalized spacial score (nSPS) is 21.5. The molecule has 11 nitrogen and oxygen atoms in total. The quantitative estimate of drug-likeness (QED) is 0.472. The van der Waals surface area contributed by atoms with Crippen molar-refractivity contribution in [2.24, 2.45) is 5.92 Å². The predicted molar refractivity (Wildman–Crippen MR) is 144 cm³/mol. The summed E-state index contributed by atoms with van der Waals surface area (Å²) in [5, 5.41) is 8.94. The van der Waals surface area contributed by atoms with Crippen molar-refractivity contribution >= 4 is 52.4 Å². The minimum absolute atomic E-state index is 0.0374. The molecule has 3 heterocycles. The lowest BCUT2D eigenvalue weighted by Gasteiger charge is -2.37. The Morgan fingerprint density at radius 1 is 1.11 bits per heavy atom. The van der Waals surface area contributed by atoms with Crippen molar-refractivity contribution in [1.29, 1.82) is 0 Å². The SMILES string of the molecule is CN1CCCc2nc(C(=O)N[C@@H]3C[C@@H](C(=O)N(C)C)CC[C@H]3NC(=O)C(=O)Nc3ccc(Cl)cn3)sc2C1. The highest BCUT2D eigenvalue weighted by Crippen LogP contribution is 2.28. The van der Waals surface area contributed by atoms with Crippen LogP contribution in [-0.4, -0.2) is 83.2 Å². The highest BCUT2D eigenvalue weighted by atomic mass is 35.5. The van der Waals surface area contributed by atoms with Gasteiger partial charge in [-0.25, -0.2) is 9.97 Å². The van der Waals surface area contributed by atoms with Gasteiger partial charge >= 0.3 is 11.8 Å². The van der Waals surface area contributed by atoms with E-state index in [1.54, 1.807) is 20.2 Å². The number of carbonyl (C=O) groups excluding carboxylic acids is 4. The molecule has 204 valence electrons. The molecule has 0 aromatic carbocycles. The topological polar surface area (TPSA) is 137 Å². The largest absolute Gasteiger partial charge is 0.349 e. The molecule has 3 atom stereocenters. The second kappa shape index (κ2) is 12.2. The number of hydrogen-bond acceptors (Lipinski definition) is 8. The number of fused-ring (bicyclic) bond motifs is 1. The van der Waals surface area contributed by atoms with Crippen LogP contribution in [0.1, 0.15) is 46.1 Å². The highest BCUT2D eigenvalue weighted by molar-refractivity contribution is 7.13. The second-order valence-corrected chi connectivity index (χ2v) is 11.5. The number of hydrogen-bond donors (Lipinski definition) is 3. The molecule has 2 aromatic rings. The zero-order valence-corrected chi connectivity index (χ0v) is 23.2. The van der Waals surface area contributed by atoms with Crippen LogP contribution in [0.5, 0.6) is 0 Å². The minimum atomic E-state index is -0.885. The van der Waals surface area contributed by atoms with Crippen LogP contribution in [0.3, 0.4) is 0 Å². The number of nitrogens with zero attached hydrogens (tertiary/aromatic N) is 4. The van der Waals surface area contributed by atoms with E-state index in [2.05, 4.69) is 30.8 Å². The third-order valence-corrected chi connectivity index (χ3v) is 8.09. The lowest BCUT2D eigenvalue weighted by Crippen LogP contribution is -2.57. The Hall–Kier alpha value is -3.09. The second-order valence-electron chi connectivity index (χ2n) is 9.95. The summed E-state index contributed by atoms with van der Waals surface area (Å²) >= 11 is 7.19. The van der Waals surface area contributed by atoms with Gasteiger partial charge in [-0.1, -0.05) is 11.6 Å². The molecule has 2 aromatic heterocycles. The molecule has 4 rings (SSSR count). The van der Waals surface area contributed by atoms with Crippen molar-refractivity contribution in [3.8, 4) is 0 Å². The van der Waals surface area contributed by atoms with Gasteiger partial charge in [0.1, 0.15) is 5.82 Å². The molecular formula is C25H32ClN7O4S. The van der Waals surface area contributed by atoms with Gasteiger partial charge < -0.3 is 25.8 Å². The first-order valence-corrected chi connectivity index (χ1v) is 13.7. The van der Waals surface area contributed by atoms with E-state index in [-0.39, 0.29) is 23.6 Å². The summed E-state index contributed by atoms with van der Waals surface area (Å²) in [6.45, 7) is 1.73. The predicted octanol–water partition coefficient (Wildman–Crippen LogP) is 1.68. The van der Waals surface area contributed by atoms with Crippen LogP contribution in [0, 0.1) is 5.92 Å². The van der Waals surface area contributed by atoms with Crippen molar-refractivity contribution in [3.05, 3.63) is 38.9 Å².